The minimum atomic E-state index is -0.718. The van der Waals surface area contributed by atoms with Gasteiger partial charge in [-0.25, -0.2) is 4.79 Å². The number of anilines is 1. The third-order valence-electron chi connectivity index (χ3n) is 7.81. The summed E-state index contributed by atoms with van der Waals surface area (Å²) < 4.78 is 10.6. The zero-order valence-corrected chi connectivity index (χ0v) is 26.3. The van der Waals surface area contributed by atoms with Crippen LogP contribution in [0.2, 0.25) is 0 Å². The molecule has 2 aliphatic rings. The van der Waals surface area contributed by atoms with Gasteiger partial charge in [-0.3, -0.25) is 9.59 Å². The van der Waals surface area contributed by atoms with E-state index in [2.05, 4.69) is 25.5 Å². The molecule has 0 radical (unpaired) electrons. The quantitative estimate of drug-likeness (QED) is 0.181. The molecule has 45 heavy (non-hydrogen) atoms. The van der Waals surface area contributed by atoms with Gasteiger partial charge < -0.3 is 14.4 Å². The summed E-state index contributed by atoms with van der Waals surface area (Å²) in [5, 5.41) is 15.2. The van der Waals surface area contributed by atoms with E-state index in [4.69, 9.17) is 9.47 Å². The number of fused-ring (bicyclic) bond motifs is 1. The maximum absolute atomic E-state index is 13.4. The number of allylic oxidation sites excluding steroid dienone is 1. The van der Waals surface area contributed by atoms with E-state index in [-0.39, 0.29) is 11.0 Å². The van der Waals surface area contributed by atoms with Crippen molar-refractivity contribution in [3.05, 3.63) is 94.0 Å². The van der Waals surface area contributed by atoms with Crippen molar-refractivity contribution in [2.75, 3.05) is 11.7 Å². The summed E-state index contributed by atoms with van der Waals surface area (Å²) in [4.78, 5) is 41.0. The molecule has 3 heterocycles. The van der Waals surface area contributed by atoms with E-state index < -0.39 is 24.1 Å². The van der Waals surface area contributed by atoms with E-state index in [9.17, 15) is 14.4 Å². The minimum absolute atomic E-state index is 0.142. The Kier molecular flexibility index (Phi) is 8.28. The van der Waals surface area contributed by atoms with E-state index in [1.165, 1.54) is 0 Å². The number of nitrogens with zero attached hydrogens (tertiary/aromatic N) is 4. The second-order valence-electron chi connectivity index (χ2n) is 11.9. The number of aromatic amines is 1. The Morgan fingerprint density at radius 2 is 1.76 bits per heavy atom. The zero-order chi connectivity index (χ0) is 31.7. The van der Waals surface area contributed by atoms with Gasteiger partial charge in [0.1, 0.15) is 0 Å². The highest BCUT2D eigenvalue weighted by molar-refractivity contribution is 8.05. The Bertz CT molecular complexity index is 1790. The van der Waals surface area contributed by atoms with Crippen LogP contribution < -0.4 is 4.90 Å². The number of ether oxygens (including phenoxy) is 2. The minimum Gasteiger partial charge on any atom is -0.427 e. The summed E-state index contributed by atoms with van der Waals surface area (Å²) in [6.45, 7) is 7.16. The number of hydrogen-bond donors (Lipinski definition) is 1. The molecular weight excluding hydrogens is 590 g/mol. The molecule has 3 aromatic carbocycles. The highest BCUT2D eigenvalue weighted by Gasteiger charge is 2.40. The van der Waals surface area contributed by atoms with Gasteiger partial charge in [-0.05, 0) is 60.7 Å². The fourth-order valence-corrected chi connectivity index (χ4v) is 6.77. The SMILES string of the molecule is CCC1SC2=C(Cc3cccc(C(=O)OCOC(=O)C(C)(C)C)c3N2Cc2ccc(-c3ccccc3-c3nn[nH]n3)cc2)C1=O. The van der Waals surface area contributed by atoms with Crippen molar-refractivity contribution >= 4 is 35.2 Å². The predicted octanol–water partition coefficient (Wildman–Crippen LogP) is 6.11. The first-order valence-corrected chi connectivity index (χ1v) is 15.6. The largest absolute Gasteiger partial charge is 0.427 e. The summed E-state index contributed by atoms with van der Waals surface area (Å²) in [5.74, 6) is -0.405. The lowest BCUT2D eigenvalue weighted by molar-refractivity contribution is -0.161. The number of aromatic nitrogens is 4. The number of hydrogen-bond acceptors (Lipinski definition) is 10. The lowest BCUT2D eigenvalue weighted by atomic mass is 9.92. The summed E-state index contributed by atoms with van der Waals surface area (Å²) in [5.41, 5.74) is 5.79. The number of para-hydroxylation sites is 1. The highest BCUT2D eigenvalue weighted by atomic mass is 32.2. The van der Waals surface area contributed by atoms with Crippen LogP contribution in [0.1, 0.15) is 55.6 Å². The van der Waals surface area contributed by atoms with Crippen molar-refractivity contribution in [2.45, 2.75) is 52.3 Å². The van der Waals surface area contributed by atoms with Crippen LogP contribution in [0, 0.1) is 5.41 Å². The number of carbonyl (C=O) groups is 3. The molecule has 11 heteroatoms. The topological polar surface area (TPSA) is 127 Å². The number of nitrogens with one attached hydrogen (secondary N) is 1. The lowest BCUT2D eigenvalue weighted by Gasteiger charge is -2.33. The van der Waals surface area contributed by atoms with Gasteiger partial charge in [0.25, 0.3) is 0 Å². The fourth-order valence-electron chi connectivity index (χ4n) is 5.49. The van der Waals surface area contributed by atoms with E-state index in [1.54, 1.807) is 44.7 Å². The monoisotopic (exact) mass is 623 g/mol. The predicted molar refractivity (Wildman–Crippen MR) is 171 cm³/mol. The number of ketones is 1. The second kappa shape index (κ2) is 12.3. The third-order valence-corrected chi connectivity index (χ3v) is 9.33. The first-order valence-electron chi connectivity index (χ1n) is 14.8. The number of carbonyl (C=O) groups excluding carboxylic acids is 3. The Morgan fingerprint density at radius 1 is 1.00 bits per heavy atom. The van der Waals surface area contributed by atoms with Crippen molar-refractivity contribution in [1.29, 1.82) is 0 Å². The van der Waals surface area contributed by atoms with Gasteiger partial charge >= 0.3 is 11.9 Å². The van der Waals surface area contributed by atoms with E-state index in [0.717, 1.165) is 38.4 Å². The number of tetrazole rings is 1. The summed E-state index contributed by atoms with van der Waals surface area (Å²) in [7, 11) is 0. The first kappa shape index (κ1) is 30.3. The van der Waals surface area contributed by atoms with Crippen LogP contribution in [0.15, 0.2) is 77.3 Å². The molecule has 0 saturated heterocycles. The number of esters is 2. The average molecular weight is 624 g/mol. The maximum atomic E-state index is 13.4. The Morgan fingerprint density at radius 3 is 2.44 bits per heavy atom. The smallest absolute Gasteiger partial charge is 0.343 e. The van der Waals surface area contributed by atoms with Crippen LogP contribution in [0.3, 0.4) is 0 Å². The second-order valence-corrected chi connectivity index (χ2v) is 13.1. The Balaban J connectivity index is 1.31. The molecule has 0 aliphatic carbocycles. The standard InChI is InChI=1S/C34H33N5O5S/c1-5-27-29(40)26-17-22-9-8-12-25(32(41)43-19-44-33(42)34(2,3)4)28(22)39(31(26)45-27)18-20-13-15-21(16-14-20)23-10-6-7-11-24(23)30-35-37-38-36-30/h6-16,27H,5,17-19H2,1-4H3,(H,35,36,37,38). The van der Waals surface area contributed by atoms with Gasteiger partial charge in [0.15, 0.2) is 5.78 Å². The van der Waals surface area contributed by atoms with Gasteiger partial charge in [-0.1, -0.05) is 79.3 Å². The van der Waals surface area contributed by atoms with Crippen molar-refractivity contribution in [2.24, 2.45) is 5.41 Å². The van der Waals surface area contributed by atoms with E-state index in [1.807, 2.05) is 61.5 Å². The molecule has 0 spiro atoms. The van der Waals surface area contributed by atoms with Gasteiger partial charge in [0.2, 0.25) is 12.6 Å². The summed E-state index contributed by atoms with van der Waals surface area (Å²) in [6.07, 6.45) is 1.15. The number of Topliss-reactive ketones (excluding diaryl/α,β-unsaturated/α-hetero) is 1. The Labute approximate surface area is 265 Å². The molecule has 0 amide bonds. The van der Waals surface area contributed by atoms with E-state index in [0.29, 0.717) is 36.5 Å². The number of rotatable bonds is 8. The van der Waals surface area contributed by atoms with Crippen molar-refractivity contribution in [3.8, 4) is 22.5 Å². The number of thioether (sulfide) groups is 1. The fraction of sp³-hybridized carbons (Fsp3) is 0.294. The first-order chi connectivity index (χ1) is 21.7. The van der Waals surface area contributed by atoms with Crippen LogP contribution in [0.5, 0.6) is 0 Å². The molecule has 1 atom stereocenters. The van der Waals surface area contributed by atoms with Gasteiger partial charge in [-0.15, -0.1) is 10.2 Å². The molecule has 6 rings (SSSR count). The number of H-pyrrole nitrogens is 1. The van der Waals surface area contributed by atoms with Crippen LogP contribution in [-0.4, -0.2) is 50.4 Å². The lowest BCUT2D eigenvalue weighted by Crippen LogP contribution is -2.29. The van der Waals surface area contributed by atoms with Gasteiger partial charge in [-0.2, -0.15) is 5.21 Å². The third kappa shape index (κ3) is 6.00. The molecular formula is C34H33N5O5S. The van der Waals surface area contributed by atoms with Gasteiger partial charge in [0.05, 0.1) is 26.9 Å². The molecule has 0 bridgehead atoms. The Hall–Kier alpha value is -4.77. The van der Waals surface area contributed by atoms with E-state index >= 15 is 0 Å². The molecule has 1 unspecified atom stereocenters. The van der Waals surface area contributed by atoms with Crippen molar-refractivity contribution in [3.63, 3.8) is 0 Å². The summed E-state index contributed by atoms with van der Waals surface area (Å²) in [6, 6.07) is 21.5. The van der Waals surface area contributed by atoms with Crippen molar-refractivity contribution < 1.29 is 23.9 Å². The van der Waals surface area contributed by atoms with Crippen LogP contribution in [-0.2, 0) is 32.0 Å². The summed E-state index contributed by atoms with van der Waals surface area (Å²) >= 11 is 1.55. The van der Waals surface area contributed by atoms with Crippen LogP contribution >= 0.6 is 11.8 Å². The molecule has 0 saturated carbocycles. The average Bonchev–Trinajstić information content (AvgIpc) is 3.69. The zero-order valence-electron chi connectivity index (χ0n) is 25.5. The molecule has 230 valence electrons. The molecule has 1 aromatic heterocycles. The maximum Gasteiger partial charge on any atom is 0.343 e. The van der Waals surface area contributed by atoms with Crippen molar-refractivity contribution in [1.82, 2.24) is 20.6 Å². The molecule has 10 nitrogen and oxygen atoms in total. The molecule has 0 fully saturated rings. The normalized spacial score (nSPS) is 16.0. The highest BCUT2D eigenvalue weighted by Crippen LogP contribution is 2.48. The van der Waals surface area contributed by atoms with Crippen LogP contribution in [0.25, 0.3) is 22.5 Å². The van der Waals surface area contributed by atoms with Gasteiger partial charge in [0, 0.05) is 24.1 Å². The number of benzene rings is 3. The molecule has 2 aliphatic heterocycles. The molecule has 1 N–H and O–H groups in total. The van der Waals surface area contributed by atoms with Crippen LogP contribution in [0.4, 0.5) is 5.69 Å². The molecule has 4 aromatic rings.